The first-order valence-corrected chi connectivity index (χ1v) is 21.1. The van der Waals surface area contributed by atoms with Crippen molar-refractivity contribution >= 4 is 29.8 Å². The first-order valence-electron chi connectivity index (χ1n) is 21.1. The van der Waals surface area contributed by atoms with Crippen LogP contribution in [0, 0.1) is 11.8 Å². The summed E-state index contributed by atoms with van der Waals surface area (Å²) >= 11 is 0. The van der Waals surface area contributed by atoms with Crippen molar-refractivity contribution in [1.82, 2.24) is 40.4 Å². The molecule has 2 aliphatic heterocycles. The number of aromatic nitrogens is 4. The second-order valence-electron chi connectivity index (χ2n) is 17.1. The zero-order valence-electron chi connectivity index (χ0n) is 35.0. The number of nitrogens with one attached hydrogen (secondary N) is 4. The van der Waals surface area contributed by atoms with Crippen molar-refractivity contribution in [2.45, 2.75) is 102 Å². The molecule has 2 aromatic carbocycles. The Morgan fingerprint density at radius 3 is 1.60 bits per heavy atom. The lowest BCUT2D eigenvalue weighted by Gasteiger charge is -2.30. The summed E-state index contributed by atoms with van der Waals surface area (Å²) in [7, 11) is 2.57. The minimum absolute atomic E-state index is 0.123. The molecule has 2 unspecified atom stereocenters. The fourth-order valence-corrected chi connectivity index (χ4v) is 9.82. The summed E-state index contributed by atoms with van der Waals surface area (Å²) in [6.45, 7) is 8.72. The maximum atomic E-state index is 13.8. The van der Waals surface area contributed by atoms with Gasteiger partial charge in [-0.3, -0.25) is 14.4 Å². The molecule has 15 heteroatoms. The highest BCUT2D eigenvalue weighted by Crippen LogP contribution is 2.56. The molecule has 2 aromatic heterocycles. The Balaban J connectivity index is 1.03. The van der Waals surface area contributed by atoms with E-state index in [-0.39, 0.29) is 53.4 Å². The van der Waals surface area contributed by atoms with Crippen molar-refractivity contribution in [3.63, 3.8) is 0 Å². The van der Waals surface area contributed by atoms with Gasteiger partial charge in [0.25, 0.3) is 0 Å². The number of hydrogen-bond donors (Lipinski definition) is 4. The second kappa shape index (κ2) is 16.6. The van der Waals surface area contributed by atoms with Gasteiger partial charge < -0.3 is 39.9 Å². The van der Waals surface area contributed by atoms with E-state index in [4.69, 9.17) is 19.4 Å². The van der Waals surface area contributed by atoms with Gasteiger partial charge in [-0.1, -0.05) is 64.1 Å². The van der Waals surface area contributed by atoms with E-state index in [0.717, 1.165) is 83.3 Å². The molecule has 8 rings (SSSR count). The highest BCUT2D eigenvalue weighted by Gasteiger charge is 2.48. The van der Waals surface area contributed by atoms with Gasteiger partial charge in [-0.05, 0) is 78.2 Å². The largest absolute Gasteiger partial charge is 0.453 e. The lowest BCUT2D eigenvalue weighted by atomic mass is 9.82. The van der Waals surface area contributed by atoms with Crippen LogP contribution in [0.1, 0.15) is 113 Å². The Morgan fingerprint density at radius 1 is 0.650 bits per heavy atom. The summed E-state index contributed by atoms with van der Waals surface area (Å²) in [6.07, 6.45) is 7.11. The number of methoxy groups -OCH3 is 2. The molecule has 4 heterocycles. The number of H-pyrrole nitrogens is 2. The summed E-state index contributed by atoms with van der Waals surface area (Å²) in [5.74, 6) is 0.738. The number of Topliss-reactive ketones (excluding diaryl/α,β-unsaturated/α-hetero) is 1. The van der Waals surface area contributed by atoms with Crippen LogP contribution in [-0.4, -0.2) is 98.9 Å². The van der Waals surface area contributed by atoms with E-state index in [1.165, 1.54) is 14.2 Å². The van der Waals surface area contributed by atoms with E-state index >= 15 is 0 Å². The molecule has 316 valence electrons. The van der Waals surface area contributed by atoms with E-state index in [1.54, 1.807) is 16.0 Å². The Hall–Kier alpha value is -5.99. The molecule has 60 heavy (non-hydrogen) atoms. The fraction of sp³-hybridized carbons (Fsp3) is 0.489. The number of amides is 4. The minimum Gasteiger partial charge on any atom is -0.453 e. The third kappa shape index (κ3) is 7.32. The van der Waals surface area contributed by atoms with E-state index < -0.39 is 24.3 Å². The molecule has 4 aromatic rings. The van der Waals surface area contributed by atoms with Crippen molar-refractivity contribution in [2.24, 2.45) is 11.8 Å². The first-order chi connectivity index (χ1) is 28.9. The molecule has 0 spiro atoms. The van der Waals surface area contributed by atoms with Gasteiger partial charge in [0.2, 0.25) is 11.8 Å². The molecule has 4 amide bonds. The third-order valence-electron chi connectivity index (χ3n) is 12.9. The number of aromatic amines is 2. The summed E-state index contributed by atoms with van der Waals surface area (Å²) in [5.41, 5.74) is 7.73. The summed E-state index contributed by atoms with van der Waals surface area (Å²) in [5, 5.41) is 5.41. The van der Waals surface area contributed by atoms with Crippen LogP contribution in [0.4, 0.5) is 9.59 Å². The van der Waals surface area contributed by atoms with Crippen LogP contribution in [-0.2, 0) is 23.9 Å². The molecule has 4 N–H and O–H groups in total. The van der Waals surface area contributed by atoms with E-state index in [9.17, 15) is 24.0 Å². The van der Waals surface area contributed by atoms with E-state index in [1.807, 2.05) is 33.9 Å². The van der Waals surface area contributed by atoms with Gasteiger partial charge in [-0.2, -0.15) is 0 Å². The van der Waals surface area contributed by atoms with E-state index in [0.29, 0.717) is 24.7 Å². The lowest BCUT2D eigenvalue weighted by Crippen LogP contribution is -2.51. The number of fused-ring (bicyclic) bond motifs is 5. The summed E-state index contributed by atoms with van der Waals surface area (Å²) in [6, 6.07) is 10.5. The van der Waals surface area contributed by atoms with Gasteiger partial charge in [-0.15, -0.1) is 0 Å². The number of alkyl carbamates (subject to hydrolysis) is 2. The van der Waals surface area contributed by atoms with Crippen LogP contribution >= 0.6 is 0 Å². The Kier molecular flexibility index (Phi) is 11.3. The molecule has 3 fully saturated rings. The quantitative estimate of drug-likeness (QED) is 0.127. The Bertz CT molecular complexity index is 2300. The van der Waals surface area contributed by atoms with Crippen molar-refractivity contribution < 1.29 is 33.4 Å². The predicted octanol–water partition coefficient (Wildman–Crippen LogP) is 6.77. The maximum absolute atomic E-state index is 13.8. The van der Waals surface area contributed by atoms with Gasteiger partial charge in [0.05, 0.1) is 50.1 Å². The molecule has 0 radical (unpaired) electrons. The lowest BCUT2D eigenvalue weighted by molar-refractivity contribution is -0.136. The number of benzene rings is 2. The van der Waals surface area contributed by atoms with Crippen LogP contribution in [0.25, 0.3) is 33.6 Å². The van der Waals surface area contributed by atoms with Crippen molar-refractivity contribution in [3.8, 4) is 33.6 Å². The highest BCUT2D eigenvalue weighted by atomic mass is 16.5. The number of carbonyl (C=O) groups excluding carboxylic acids is 5. The molecular weight excluding hydrogens is 765 g/mol. The topological polar surface area (TPSA) is 192 Å². The van der Waals surface area contributed by atoms with Gasteiger partial charge in [0, 0.05) is 30.5 Å². The summed E-state index contributed by atoms with van der Waals surface area (Å²) < 4.78 is 9.57. The molecule has 15 nitrogen and oxygen atoms in total. The average Bonchev–Trinajstić information content (AvgIpc) is 4.12. The van der Waals surface area contributed by atoms with Gasteiger partial charge in [0.1, 0.15) is 29.5 Å². The van der Waals surface area contributed by atoms with Crippen LogP contribution < -0.4 is 10.6 Å². The average molecular weight is 819 g/mol. The number of rotatable bonds is 11. The SMILES string of the molecule is COC(=O)N[C@H](C(=O)N1CCC[C@H]1c1ncc(-c2ccc(-c3ccc(-c4cnc([C@H]5CCCN5C(=O)[C@H](NC(=O)OC)C(C)C)[nH]4)c4c3C3CCC4C3=O)cc2)[nH]1)C(C)C. The molecular formula is C45H54N8O7. The van der Waals surface area contributed by atoms with Gasteiger partial charge >= 0.3 is 12.2 Å². The van der Waals surface area contributed by atoms with Crippen LogP contribution in [0.2, 0.25) is 0 Å². The van der Waals surface area contributed by atoms with Crippen molar-refractivity contribution in [3.05, 3.63) is 71.6 Å². The minimum atomic E-state index is -0.724. The number of ketones is 1. The van der Waals surface area contributed by atoms with Gasteiger partial charge in [-0.25, -0.2) is 19.6 Å². The zero-order chi connectivity index (χ0) is 42.4. The molecule has 6 atom stereocenters. The maximum Gasteiger partial charge on any atom is 0.407 e. The number of carbonyl (C=O) groups is 5. The standard InChI is InChI=1S/C45H54N8O7/c1-23(2)37(50-44(57)59-5)42(55)52-19-7-9-33(52)40-46-21-31(48-40)26-13-11-25(12-14-26)27-15-16-28(36-30-18-17-29(35(27)36)39(30)54)32-22-47-41(49-32)34-10-8-20-53(34)43(56)38(24(3)4)51-45(58)60-6/h11-16,21-24,29-30,33-34,37-38H,7-10,17-20H2,1-6H3,(H,46,48)(H,47,49)(H,50,57)(H,51,58)/t29?,30?,33-,34+,37-,38+/m0/s1. The number of hydrogen-bond acceptors (Lipinski definition) is 9. The predicted molar refractivity (Wildman–Crippen MR) is 222 cm³/mol. The van der Waals surface area contributed by atoms with Crippen LogP contribution in [0.3, 0.4) is 0 Å². The fourth-order valence-electron chi connectivity index (χ4n) is 9.82. The van der Waals surface area contributed by atoms with Gasteiger partial charge in [0.15, 0.2) is 0 Å². The van der Waals surface area contributed by atoms with Crippen molar-refractivity contribution in [2.75, 3.05) is 27.3 Å². The molecule has 2 saturated heterocycles. The number of ether oxygens (including phenoxy) is 2. The zero-order valence-corrected chi connectivity index (χ0v) is 35.0. The van der Waals surface area contributed by atoms with Crippen LogP contribution in [0.15, 0.2) is 48.8 Å². The number of imidazole rings is 2. The Labute approximate surface area is 349 Å². The third-order valence-corrected chi connectivity index (χ3v) is 12.9. The molecule has 2 bridgehead atoms. The molecule has 1 saturated carbocycles. The molecule has 4 aliphatic rings. The monoisotopic (exact) mass is 818 g/mol. The normalized spacial score (nSPS) is 21.7. The second-order valence-corrected chi connectivity index (χ2v) is 17.1. The highest BCUT2D eigenvalue weighted by molar-refractivity contribution is 6.03. The molecule has 2 aliphatic carbocycles. The van der Waals surface area contributed by atoms with Crippen LogP contribution in [0.5, 0.6) is 0 Å². The van der Waals surface area contributed by atoms with E-state index in [2.05, 4.69) is 57.0 Å². The number of likely N-dealkylation sites (tertiary alicyclic amines) is 2. The first kappa shape index (κ1) is 40.8. The summed E-state index contributed by atoms with van der Waals surface area (Å²) in [4.78, 5) is 85.3. The van der Waals surface area contributed by atoms with Crippen molar-refractivity contribution in [1.29, 1.82) is 0 Å². The smallest absolute Gasteiger partial charge is 0.407 e. The Morgan fingerprint density at radius 2 is 1.10 bits per heavy atom. The number of nitrogens with zero attached hydrogens (tertiary/aromatic N) is 4.